The lowest BCUT2D eigenvalue weighted by atomic mass is 9.83. The second-order valence-electron chi connectivity index (χ2n) is 6.11. The summed E-state index contributed by atoms with van der Waals surface area (Å²) >= 11 is 0. The molecule has 0 atom stereocenters. The molecule has 1 aliphatic carbocycles. The molecule has 20 heavy (non-hydrogen) atoms. The Labute approximate surface area is 119 Å². The number of fused-ring (bicyclic) bond motifs is 3. The number of aryl methyl sites for hydroxylation is 1. The van der Waals surface area contributed by atoms with Crippen molar-refractivity contribution in [2.75, 3.05) is 0 Å². The van der Waals surface area contributed by atoms with E-state index in [1.807, 2.05) is 0 Å². The number of para-hydroxylation sites is 2. The molecule has 0 aliphatic heterocycles. The lowest BCUT2D eigenvalue weighted by molar-refractivity contribution is 0.442. The van der Waals surface area contributed by atoms with Crippen molar-refractivity contribution in [3.63, 3.8) is 0 Å². The first-order chi connectivity index (χ1) is 9.84. The number of furan rings is 1. The molecule has 0 N–H and O–H groups in total. The van der Waals surface area contributed by atoms with Gasteiger partial charge in [-0.2, -0.15) is 0 Å². The van der Waals surface area contributed by atoms with Crippen LogP contribution in [0.1, 0.15) is 49.1 Å². The van der Waals surface area contributed by atoms with Crippen molar-refractivity contribution in [1.29, 1.82) is 0 Å². The van der Waals surface area contributed by atoms with Crippen LogP contribution in [0.3, 0.4) is 0 Å². The van der Waals surface area contributed by atoms with Crippen LogP contribution >= 0.6 is 0 Å². The molecular weight excluding hydrogens is 244 g/mol. The Hall–Kier alpha value is -1.76. The molecule has 1 nitrogen and oxygen atoms in total. The number of rotatable bonds is 1. The van der Waals surface area contributed by atoms with Gasteiger partial charge in [-0.1, -0.05) is 55.7 Å². The molecule has 1 aliphatic rings. The molecule has 4 rings (SSSR count). The van der Waals surface area contributed by atoms with E-state index in [1.54, 1.807) is 0 Å². The van der Waals surface area contributed by atoms with Gasteiger partial charge in [-0.05, 0) is 36.8 Å². The normalized spacial score (nSPS) is 17.1. The molecule has 1 saturated carbocycles. The highest BCUT2D eigenvalue weighted by Gasteiger charge is 2.20. The lowest BCUT2D eigenvalue weighted by Gasteiger charge is -2.21. The van der Waals surface area contributed by atoms with Gasteiger partial charge in [0.15, 0.2) is 0 Å². The van der Waals surface area contributed by atoms with Crippen LogP contribution in [-0.2, 0) is 0 Å². The van der Waals surface area contributed by atoms with Crippen LogP contribution in [0.4, 0.5) is 0 Å². The Bertz CT molecular complexity index is 760. The Balaban J connectivity index is 1.98. The maximum atomic E-state index is 6.27. The van der Waals surface area contributed by atoms with E-state index in [4.69, 9.17) is 4.42 Å². The summed E-state index contributed by atoms with van der Waals surface area (Å²) in [6.45, 7) is 2.13. The van der Waals surface area contributed by atoms with Gasteiger partial charge >= 0.3 is 0 Å². The molecule has 1 fully saturated rings. The van der Waals surface area contributed by atoms with Crippen LogP contribution in [0.15, 0.2) is 40.8 Å². The standard InChI is InChI=1S/C19H20O/c1-13-7-5-11-16-17-12-6-10-15(19(17)20-18(13)16)14-8-3-2-4-9-14/h5-7,10-12,14H,2-4,8-9H2,1H3. The molecule has 2 aromatic carbocycles. The fourth-order valence-electron chi connectivity index (χ4n) is 3.72. The third-order valence-corrected chi connectivity index (χ3v) is 4.80. The second kappa shape index (κ2) is 4.66. The third kappa shape index (κ3) is 1.76. The summed E-state index contributed by atoms with van der Waals surface area (Å²) in [6, 6.07) is 13.1. The smallest absolute Gasteiger partial charge is 0.138 e. The summed E-state index contributed by atoms with van der Waals surface area (Å²) in [5.41, 5.74) is 4.85. The van der Waals surface area contributed by atoms with Gasteiger partial charge < -0.3 is 4.42 Å². The zero-order valence-corrected chi connectivity index (χ0v) is 12.0. The van der Waals surface area contributed by atoms with Crippen molar-refractivity contribution < 1.29 is 4.42 Å². The van der Waals surface area contributed by atoms with Gasteiger partial charge in [0.1, 0.15) is 11.2 Å². The Morgan fingerprint density at radius 2 is 1.55 bits per heavy atom. The SMILES string of the molecule is Cc1cccc2c1oc1c(C3CCCCC3)cccc12. The summed E-state index contributed by atoms with van der Waals surface area (Å²) in [6.07, 6.45) is 6.75. The van der Waals surface area contributed by atoms with Crippen molar-refractivity contribution in [2.45, 2.75) is 44.9 Å². The number of hydrogen-bond donors (Lipinski definition) is 0. The highest BCUT2D eigenvalue weighted by molar-refractivity contribution is 6.06. The van der Waals surface area contributed by atoms with E-state index in [0.29, 0.717) is 5.92 Å². The van der Waals surface area contributed by atoms with Crippen molar-refractivity contribution in [1.82, 2.24) is 0 Å². The van der Waals surface area contributed by atoms with Crippen LogP contribution in [-0.4, -0.2) is 0 Å². The minimum Gasteiger partial charge on any atom is -0.455 e. The van der Waals surface area contributed by atoms with Crippen molar-refractivity contribution in [2.24, 2.45) is 0 Å². The van der Waals surface area contributed by atoms with Crippen LogP contribution in [0.25, 0.3) is 21.9 Å². The van der Waals surface area contributed by atoms with Crippen LogP contribution in [0, 0.1) is 6.92 Å². The van der Waals surface area contributed by atoms with E-state index in [0.717, 1.165) is 11.2 Å². The Kier molecular flexibility index (Phi) is 2.80. The van der Waals surface area contributed by atoms with E-state index in [2.05, 4.69) is 43.3 Å². The molecule has 1 aromatic heterocycles. The van der Waals surface area contributed by atoms with E-state index < -0.39 is 0 Å². The van der Waals surface area contributed by atoms with Gasteiger partial charge in [-0.25, -0.2) is 0 Å². The molecule has 0 saturated heterocycles. The molecule has 0 unspecified atom stereocenters. The van der Waals surface area contributed by atoms with E-state index in [9.17, 15) is 0 Å². The highest BCUT2D eigenvalue weighted by Crippen LogP contribution is 2.40. The monoisotopic (exact) mass is 264 g/mol. The third-order valence-electron chi connectivity index (χ3n) is 4.80. The first-order valence-electron chi connectivity index (χ1n) is 7.75. The quantitative estimate of drug-likeness (QED) is 0.530. The minimum atomic E-state index is 0.688. The largest absolute Gasteiger partial charge is 0.455 e. The molecule has 0 amide bonds. The lowest BCUT2D eigenvalue weighted by Crippen LogP contribution is -2.04. The van der Waals surface area contributed by atoms with Gasteiger partial charge in [0.2, 0.25) is 0 Å². The number of benzene rings is 2. The van der Waals surface area contributed by atoms with E-state index in [-0.39, 0.29) is 0 Å². The summed E-state index contributed by atoms with van der Waals surface area (Å²) < 4.78 is 6.27. The second-order valence-corrected chi connectivity index (χ2v) is 6.11. The first-order valence-corrected chi connectivity index (χ1v) is 7.75. The van der Waals surface area contributed by atoms with Gasteiger partial charge in [-0.3, -0.25) is 0 Å². The van der Waals surface area contributed by atoms with Gasteiger partial charge in [0.25, 0.3) is 0 Å². The molecule has 0 bridgehead atoms. The van der Waals surface area contributed by atoms with Crippen LogP contribution < -0.4 is 0 Å². The Morgan fingerprint density at radius 1 is 0.850 bits per heavy atom. The maximum absolute atomic E-state index is 6.27. The average Bonchev–Trinajstić information content (AvgIpc) is 2.88. The fraction of sp³-hybridized carbons (Fsp3) is 0.368. The highest BCUT2D eigenvalue weighted by atomic mass is 16.3. The summed E-state index contributed by atoms with van der Waals surface area (Å²) in [4.78, 5) is 0. The molecule has 1 heteroatoms. The first kappa shape index (κ1) is 12.0. The number of hydrogen-bond acceptors (Lipinski definition) is 1. The van der Waals surface area contributed by atoms with E-state index >= 15 is 0 Å². The predicted octanol–water partition coefficient (Wildman–Crippen LogP) is 5.94. The Morgan fingerprint density at radius 3 is 2.35 bits per heavy atom. The molecule has 0 spiro atoms. The predicted molar refractivity (Wildman–Crippen MR) is 84.3 cm³/mol. The van der Waals surface area contributed by atoms with Crippen molar-refractivity contribution >= 4 is 21.9 Å². The van der Waals surface area contributed by atoms with Crippen molar-refractivity contribution in [3.8, 4) is 0 Å². The molecular formula is C19H20O. The fourth-order valence-corrected chi connectivity index (χ4v) is 3.72. The summed E-state index contributed by atoms with van der Waals surface area (Å²) in [5, 5.41) is 2.55. The maximum Gasteiger partial charge on any atom is 0.138 e. The zero-order chi connectivity index (χ0) is 13.5. The molecule has 0 radical (unpaired) electrons. The van der Waals surface area contributed by atoms with E-state index in [1.165, 1.54) is 54.0 Å². The van der Waals surface area contributed by atoms with Crippen LogP contribution in [0.2, 0.25) is 0 Å². The van der Waals surface area contributed by atoms with Gasteiger partial charge in [0, 0.05) is 10.8 Å². The van der Waals surface area contributed by atoms with Crippen LogP contribution in [0.5, 0.6) is 0 Å². The van der Waals surface area contributed by atoms with Gasteiger partial charge in [0.05, 0.1) is 0 Å². The zero-order valence-electron chi connectivity index (χ0n) is 12.0. The van der Waals surface area contributed by atoms with Crippen molar-refractivity contribution in [3.05, 3.63) is 47.5 Å². The van der Waals surface area contributed by atoms with Gasteiger partial charge in [-0.15, -0.1) is 0 Å². The summed E-state index contributed by atoms with van der Waals surface area (Å²) in [5.74, 6) is 0.688. The average molecular weight is 264 g/mol. The topological polar surface area (TPSA) is 13.1 Å². The summed E-state index contributed by atoms with van der Waals surface area (Å²) in [7, 11) is 0. The molecule has 3 aromatic rings. The molecule has 102 valence electrons. The minimum absolute atomic E-state index is 0.688. The molecule has 1 heterocycles.